The predicted molar refractivity (Wildman–Crippen MR) is 86.7 cm³/mol. The Balaban J connectivity index is 1.88. The summed E-state index contributed by atoms with van der Waals surface area (Å²) in [5.41, 5.74) is 11.4. The van der Waals surface area contributed by atoms with E-state index < -0.39 is 0 Å². The number of carbonyl (C=O) groups excluding carboxylic acids is 1. The molecule has 1 aliphatic heterocycles. The Bertz CT molecular complexity index is 326. The van der Waals surface area contributed by atoms with Crippen molar-refractivity contribution in [1.29, 1.82) is 0 Å². The molecule has 0 bridgehead atoms. The van der Waals surface area contributed by atoms with E-state index in [1.807, 2.05) is 0 Å². The maximum absolute atomic E-state index is 11.1. The summed E-state index contributed by atoms with van der Waals surface area (Å²) in [6.45, 7) is 5.36. The molecule has 4 nitrogen and oxygen atoms in total. The molecule has 4 N–H and O–H groups in total. The number of hydrogen-bond donors (Lipinski definition) is 2. The number of nitrogens with zero attached hydrogens (tertiary/aromatic N) is 1. The summed E-state index contributed by atoms with van der Waals surface area (Å²) in [5, 5.41) is 0. The Morgan fingerprint density at radius 3 is 2.43 bits per heavy atom. The SMILES string of the molecule is CCCC1CCC(CN)C(N2CCC(CC(N)=O)CC2)C1. The highest BCUT2D eigenvalue weighted by atomic mass is 16.1. The molecule has 1 amide bonds. The summed E-state index contributed by atoms with van der Waals surface area (Å²) in [6.07, 6.45) is 9.46. The van der Waals surface area contributed by atoms with Gasteiger partial charge in [-0.1, -0.05) is 26.2 Å². The lowest BCUT2D eigenvalue weighted by molar-refractivity contribution is -0.119. The molecule has 3 unspecified atom stereocenters. The summed E-state index contributed by atoms with van der Waals surface area (Å²) in [6, 6.07) is 0.676. The van der Waals surface area contributed by atoms with Gasteiger partial charge in [0.05, 0.1) is 0 Å². The maximum Gasteiger partial charge on any atom is 0.217 e. The van der Waals surface area contributed by atoms with Crippen molar-refractivity contribution in [1.82, 2.24) is 4.90 Å². The standard InChI is InChI=1S/C17H33N3O/c1-2-3-13-4-5-15(12-18)16(10-13)20-8-6-14(7-9-20)11-17(19)21/h13-16H,2-12,18H2,1H3,(H2,19,21). The summed E-state index contributed by atoms with van der Waals surface area (Å²) in [5.74, 6) is 1.93. The highest BCUT2D eigenvalue weighted by molar-refractivity contribution is 5.73. The third kappa shape index (κ3) is 4.68. The van der Waals surface area contributed by atoms with Gasteiger partial charge in [0, 0.05) is 12.5 Å². The van der Waals surface area contributed by atoms with Crippen LogP contribution in [-0.2, 0) is 4.79 Å². The third-order valence-electron chi connectivity index (χ3n) is 5.67. The van der Waals surface area contributed by atoms with Crippen LogP contribution in [0.25, 0.3) is 0 Å². The molecular formula is C17H33N3O. The fraction of sp³-hybridized carbons (Fsp3) is 0.941. The molecule has 122 valence electrons. The first-order chi connectivity index (χ1) is 10.1. The lowest BCUT2D eigenvalue weighted by Gasteiger charge is -2.45. The Morgan fingerprint density at radius 2 is 1.86 bits per heavy atom. The van der Waals surface area contributed by atoms with Gasteiger partial charge in [-0.25, -0.2) is 0 Å². The second-order valence-electron chi connectivity index (χ2n) is 7.18. The van der Waals surface area contributed by atoms with Gasteiger partial charge in [0.1, 0.15) is 0 Å². The van der Waals surface area contributed by atoms with Crippen molar-refractivity contribution in [2.75, 3.05) is 19.6 Å². The number of rotatable bonds is 6. The molecular weight excluding hydrogens is 262 g/mol. The Kier molecular flexibility index (Phi) is 6.49. The molecule has 1 heterocycles. The summed E-state index contributed by atoms with van der Waals surface area (Å²) >= 11 is 0. The molecule has 4 heteroatoms. The number of nitrogens with two attached hydrogens (primary N) is 2. The smallest absolute Gasteiger partial charge is 0.217 e. The Labute approximate surface area is 129 Å². The molecule has 0 radical (unpaired) electrons. The quantitative estimate of drug-likeness (QED) is 0.788. The topological polar surface area (TPSA) is 72.3 Å². The molecule has 3 atom stereocenters. The Morgan fingerprint density at radius 1 is 1.14 bits per heavy atom. The fourth-order valence-electron chi connectivity index (χ4n) is 4.46. The van der Waals surface area contributed by atoms with Crippen molar-refractivity contribution in [3.05, 3.63) is 0 Å². The molecule has 21 heavy (non-hydrogen) atoms. The second kappa shape index (κ2) is 8.14. The van der Waals surface area contributed by atoms with Gasteiger partial charge < -0.3 is 16.4 Å². The first-order valence-corrected chi connectivity index (χ1v) is 8.86. The summed E-state index contributed by atoms with van der Waals surface area (Å²) in [7, 11) is 0. The van der Waals surface area contributed by atoms with E-state index >= 15 is 0 Å². The zero-order chi connectivity index (χ0) is 15.2. The average molecular weight is 295 g/mol. The van der Waals surface area contributed by atoms with E-state index in [4.69, 9.17) is 11.5 Å². The van der Waals surface area contributed by atoms with Gasteiger partial charge in [-0.05, 0) is 63.1 Å². The molecule has 1 saturated heterocycles. The lowest BCUT2D eigenvalue weighted by Crippen LogP contribution is -2.50. The maximum atomic E-state index is 11.1. The molecule has 2 aliphatic rings. The van der Waals surface area contributed by atoms with E-state index in [2.05, 4.69) is 11.8 Å². The first kappa shape index (κ1) is 16.8. The average Bonchev–Trinajstić information content (AvgIpc) is 2.48. The first-order valence-electron chi connectivity index (χ1n) is 8.86. The van der Waals surface area contributed by atoms with Gasteiger partial charge in [0.15, 0.2) is 0 Å². The van der Waals surface area contributed by atoms with E-state index in [1.54, 1.807) is 0 Å². The van der Waals surface area contributed by atoms with Crippen molar-refractivity contribution in [2.45, 2.75) is 64.3 Å². The number of carbonyl (C=O) groups is 1. The van der Waals surface area contributed by atoms with Gasteiger partial charge in [-0.15, -0.1) is 0 Å². The van der Waals surface area contributed by atoms with Crippen molar-refractivity contribution in [3.8, 4) is 0 Å². The molecule has 0 aromatic rings. The molecule has 2 rings (SSSR count). The number of piperidine rings is 1. The number of primary amides is 1. The van der Waals surface area contributed by atoms with Crippen LogP contribution < -0.4 is 11.5 Å². The van der Waals surface area contributed by atoms with Gasteiger partial charge in [-0.2, -0.15) is 0 Å². The summed E-state index contributed by atoms with van der Waals surface area (Å²) < 4.78 is 0. The molecule has 0 aromatic heterocycles. The van der Waals surface area contributed by atoms with E-state index in [0.29, 0.717) is 24.3 Å². The van der Waals surface area contributed by atoms with Crippen LogP contribution >= 0.6 is 0 Å². The fourth-order valence-corrected chi connectivity index (χ4v) is 4.46. The van der Waals surface area contributed by atoms with Crippen LogP contribution in [0.5, 0.6) is 0 Å². The molecule has 0 aromatic carbocycles. The van der Waals surface area contributed by atoms with Crippen molar-refractivity contribution in [3.63, 3.8) is 0 Å². The highest BCUT2D eigenvalue weighted by Crippen LogP contribution is 2.36. The van der Waals surface area contributed by atoms with Crippen LogP contribution in [0.15, 0.2) is 0 Å². The van der Waals surface area contributed by atoms with Crippen LogP contribution in [-0.4, -0.2) is 36.5 Å². The van der Waals surface area contributed by atoms with Crippen molar-refractivity contribution in [2.24, 2.45) is 29.2 Å². The molecule has 2 fully saturated rings. The minimum Gasteiger partial charge on any atom is -0.370 e. The lowest BCUT2D eigenvalue weighted by atomic mass is 9.75. The highest BCUT2D eigenvalue weighted by Gasteiger charge is 2.35. The largest absolute Gasteiger partial charge is 0.370 e. The van der Waals surface area contributed by atoms with Gasteiger partial charge >= 0.3 is 0 Å². The zero-order valence-electron chi connectivity index (χ0n) is 13.6. The van der Waals surface area contributed by atoms with Crippen LogP contribution in [0, 0.1) is 17.8 Å². The number of hydrogen-bond acceptors (Lipinski definition) is 3. The zero-order valence-corrected chi connectivity index (χ0v) is 13.6. The van der Waals surface area contributed by atoms with Crippen LogP contribution in [0.3, 0.4) is 0 Å². The van der Waals surface area contributed by atoms with E-state index in [0.717, 1.165) is 38.4 Å². The van der Waals surface area contributed by atoms with Gasteiger partial charge in [0.25, 0.3) is 0 Å². The van der Waals surface area contributed by atoms with Crippen LogP contribution in [0.2, 0.25) is 0 Å². The summed E-state index contributed by atoms with van der Waals surface area (Å²) in [4.78, 5) is 13.7. The minimum atomic E-state index is -0.144. The number of likely N-dealkylation sites (tertiary alicyclic amines) is 1. The van der Waals surface area contributed by atoms with Crippen LogP contribution in [0.4, 0.5) is 0 Å². The molecule has 1 saturated carbocycles. The van der Waals surface area contributed by atoms with E-state index in [1.165, 1.54) is 32.1 Å². The van der Waals surface area contributed by atoms with Gasteiger partial charge in [-0.3, -0.25) is 4.79 Å². The van der Waals surface area contributed by atoms with E-state index in [-0.39, 0.29) is 5.91 Å². The molecule has 0 spiro atoms. The molecule has 1 aliphatic carbocycles. The Hall–Kier alpha value is -0.610. The van der Waals surface area contributed by atoms with Crippen molar-refractivity contribution >= 4 is 5.91 Å². The predicted octanol–water partition coefficient (Wildman–Crippen LogP) is 2.12. The second-order valence-corrected chi connectivity index (χ2v) is 7.18. The minimum absolute atomic E-state index is 0.144. The monoisotopic (exact) mass is 295 g/mol. The third-order valence-corrected chi connectivity index (χ3v) is 5.67. The van der Waals surface area contributed by atoms with Crippen LogP contribution in [0.1, 0.15) is 58.3 Å². The van der Waals surface area contributed by atoms with E-state index in [9.17, 15) is 4.79 Å². The number of amides is 1. The normalized spacial score (nSPS) is 32.2. The van der Waals surface area contributed by atoms with Gasteiger partial charge in [0.2, 0.25) is 5.91 Å². The van der Waals surface area contributed by atoms with Crippen molar-refractivity contribution < 1.29 is 4.79 Å².